The first-order valence-electron chi connectivity index (χ1n) is 11.0. The summed E-state index contributed by atoms with van der Waals surface area (Å²) in [5.74, 6) is -1.08. The summed E-state index contributed by atoms with van der Waals surface area (Å²) >= 11 is 0. The molecule has 3 rings (SSSR count). The van der Waals surface area contributed by atoms with Gasteiger partial charge in [-0.25, -0.2) is 13.8 Å². The number of primary amides is 1. The number of carbonyl (C=O) groups excluding carboxylic acids is 3. The Hall–Kier alpha value is -2.70. The number of urea groups is 1. The monoisotopic (exact) mass is 497 g/mol. The fourth-order valence-electron chi connectivity index (χ4n) is 4.08. The number of piperidine rings is 1. The topological polar surface area (TPSA) is 146 Å². The molecular weight excluding hydrogens is 466 g/mol. The summed E-state index contributed by atoms with van der Waals surface area (Å²) < 4.78 is 40.1. The first kappa shape index (κ1) is 25.9. The minimum absolute atomic E-state index is 0.0695. The second kappa shape index (κ2) is 9.88. The molecule has 1 aromatic rings. The Bertz CT molecular complexity index is 1050. The number of hydrogen-bond acceptors (Lipinski definition) is 8. The molecule has 1 aromatic carbocycles. The van der Waals surface area contributed by atoms with Crippen molar-refractivity contribution in [2.45, 2.75) is 59.0 Å². The first-order chi connectivity index (χ1) is 15.8. The molecule has 2 atom stereocenters. The predicted octanol–water partition coefficient (Wildman–Crippen LogP) is 1.82. The van der Waals surface area contributed by atoms with E-state index in [0.29, 0.717) is 24.8 Å². The van der Waals surface area contributed by atoms with E-state index in [4.69, 9.17) is 18.9 Å². The summed E-state index contributed by atoms with van der Waals surface area (Å²) in [6, 6.07) is 3.48. The minimum atomic E-state index is -4.55. The summed E-state index contributed by atoms with van der Waals surface area (Å²) in [6.07, 6.45) is 1.04. The molecule has 2 fully saturated rings. The summed E-state index contributed by atoms with van der Waals surface area (Å²) in [5.41, 5.74) is 6.79. The van der Waals surface area contributed by atoms with Crippen molar-refractivity contribution in [3.8, 4) is 0 Å². The number of benzene rings is 1. The Morgan fingerprint density at radius 1 is 1.18 bits per heavy atom. The summed E-state index contributed by atoms with van der Waals surface area (Å²) in [6.45, 7) is 7.14. The van der Waals surface area contributed by atoms with Gasteiger partial charge in [-0.1, -0.05) is 32.0 Å². The molecule has 2 aliphatic rings. The van der Waals surface area contributed by atoms with Crippen LogP contribution in [0.1, 0.15) is 54.6 Å². The molecule has 188 valence electrons. The van der Waals surface area contributed by atoms with Gasteiger partial charge in [-0.15, -0.1) is 4.28 Å². The molecule has 0 radical (unpaired) electrons. The Morgan fingerprint density at radius 3 is 2.44 bits per heavy atom. The molecular formula is C22H31N3O8S. The van der Waals surface area contributed by atoms with Gasteiger partial charge in [0.1, 0.15) is 6.04 Å². The maximum absolute atomic E-state index is 12.5. The van der Waals surface area contributed by atoms with E-state index in [1.165, 1.54) is 4.90 Å². The summed E-state index contributed by atoms with van der Waals surface area (Å²) in [4.78, 5) is 37.7. The summed E-state index contributed by atoms with van der Waals surface area (Å²) in [5, 5.41) is 0.734. The highest BCUT2D eigenvalue weighted by atomic mass is 32.3. The van der Waals surface area contributed by atoms with Gasteiger partial charge in [0.25, 0.3) is 0 Å². The fourth-order valence-corrected chi connectivity index (χ4v) is 4.97. The van der Waals surface area contributed by atoms with Crippen LogP contribution in [0.15, 0.2) is 18.2 Å². The van der Waals surface area contributed by atoms with E-state index < -0.39 is 45.8 Å². The second-order valence-electron chi connectivity index (χ2n) is 9.47. The zero-order valence-electron chi connectivity index (χ0n) is 19.8. The van der Waals surface area contributed by atoms with E-state index in [1.54, 1.807) is 13.8 Å². The quantitative estimate of drug-likeness (QED) is 0.482. The largest absolute Gasteiger partial charge is 0.462 e. The molecule has 12 heteroatoms. The van der Waals surface area contributed by atoms with Crippen LogP contribution in [0.25, 0.3) is 0 Å². The highest BCUT2D eigenvalue weighted by Gasteiger charge is 2.49. The van der Waals surface area contributed by atoms with E-state index >= 15 is 0 Å². The normalized spacial score (nSPS) is 20.5. The molecule has 0 aromatic heterocycles. The third-order valence-corrected chi connectivity index (χ3v) is 6.86. The highest BCUT2D eigenvalue weighted by molar-refractivity contribution is 7.81. The minimum Gasteiger partial charge on any atom is -0.462 e. The van der Waals surface area contributed by atoms with Crippen molar-refractivity contribution in [1.29, 1.82) is 0 Å². The molecule has 3 amide bonds. The van der Waals surface area contributed by atoms with Crippen LogP contribution in [0.2, 0.25) is 0 Å². The number of aryl methyl sites for hydroxylation is 2. The lowest BCUT2D eigenvalue weighted by atomic mass is 9.91. The zero-order chi connectivity index (χ0) is 25.3. The molecule has 2 saturated heterocycles. The number of nitrogens with zero attached hydrogens (tertiary/aromatic N) is 2. The lowest BCUT2D eigenvalue weighted by Crippen LogP contribution is -2.47. The number of nitrogens with two attached hydrogens (primary N) is 1. The predicted molar refractivity (Wildman–Crippen MR) is 120 cm³/mol. The number of hydrogen-bond donors (Lipinski definition) is 1. The number of hydroxylamine groups is 2. The fraction of sp³-hybridized carbons (Fsp3) is 0.591. The Labute approximate surface area is 199 Å². The molecule has 34 heavy (non-hydrogen) atoms. The van der Waals surface area contributed by atoms with Gasteiger partial charge in [-0.2, -0.15) is 13.5 Å². The average Bonchev–Trinajstić information content (AvgIpc) is 2.96. The standard InChI is InChI=1S/C22H31N3O8S/c1-14-6-5-7-15(2)18(14)20(27)31-11-10-22(3,4)13-32-34(29,30)33-25-16-8-9-17(19(23)26)24(12-16)21(25)28/h5-7,16-17H,8-13H2,1-4H3,(H2,23,26)/t16-,17?/m1/s1. The number of ether oxygens (including phenoxy) is 1. The molecule has 2 bridgehead atoms. The van der Waals surface area contributed by atoms with Crippen molar-refractivity contribution in [2.75, 3.05) is 19.8 Å². The molecule has 1 unspecified atom stereocenters. The van der Waals surface area contributed by atoms with Crippen LogP contribution in [-0.2, 0) is 28.4 Å². The van der Waals surface area contributed by atoms with Crippen molar-refractivity contribution >= 4 is 28.3 Å². The molecule has 2 heterocycles. The van der Waals surface area contributed by atoms with Crippen molar-refractivity contribution in [3.05, 3.63) is 34.9 Å². The second-order valence-corrected chi connectivity index (χ2v) is 10.7. The van der Waals surface area contributed by atoms with Gasteiger partial charge in [0.15, 0.2) is 0 Å². The van der Waals surface area contributed by atoms with Gasteiger partial charge in [0.05, 0.1) is 24.8 Å². The van der Waals surface area contributed by atoms with E-state index in [1.807, 2.05) is 32.0 Å². The number of rotatable bonds is 10. The number of carbonyl (C=O) groups is 3. The molecule has 0 spiro atoms. The first-order valence-corrected chi connectivity index (χ1v) is 12.4. The van der Waals surface area contributed by atoms with Crippen molar-refractivity contribution in [1.82, 2.24) is 9.96 Å². The van der Waals surface area contributed by atoms with Gasteiger partial charge < -0.3 is 15.4 Å². The van der Waals surface area contributed by atoms with Gasteiger partial charge in [-0.3, -0.25) is 4.79 Å². The maximum atomic E-state index is 12.5. The van der Waals surface area contributed by atoms with Crippen LogP contribution in [0.5, 0.6) is 0 Å². The molecule has 0 saturated carbocycles. The van der Waals surface area contributed by atoms with E-state index in [9.17, 15) is 22.8 Å². The van der Waals surface area contributed by atoms with Crippen molar-refractivity contribution < 1.29 is 36.0 Å². The molecule has 2 aliphatic heterocycles. The Morgan fingerprint density at radius 2 is 1.82 bits per heavy atom. The maximum Gasteiger partial charge on any atom is 0.421 e. The van der Waals surface area contributed by atoms with Gasteiger partial charge in [0, 0.05) is 6.54 Å². The average molecular weight is 498 g/mol. The summed E-state index contributed by atoms with van der Waals surface area (Å²) in [7, 11) is -4.55. The van der Waals surface area contributed by atoms with Crippen LogP contribution in [-0.4, -0.2) is 68.1 Å². The third-order valence-electron chi connectivity index (χ3n) is 6.11. The van der Waals surface area contributed by atoms with Crippen LogP contribution in [0, 0.1) is 19.3 Å². The van der Waals surface area contributed by atoms with E-state index in [-0.39, 0.29) is 19.8 Å². The smallest absolute Gasteiger partial charge is 0.421 e. The van der Waals surface area contributed by atoms with Crippen LogP contribution in [0.3, 0.4) is 0 Å². The third kappa shape index (κ3) is 5.86. The van der Waals surface area contributed by atoms with Crippen molar-refractivity contribution in [2.24, 2.45) is 11.1 Å². The van der Waals surface area contributed by atoms with Crippen LogP contribution < -0.4 is 5.73 Å². The van der Waals surface area contributed by atoms with E-state index in [0.717, 1.165) is 16.2 Å². The van der Waals surface area contributed by atoms with Gasteiger partial charge in [-0.05, 0) is 49.7 Å². The van der Waals surface area contributed by atoms with Crippen molar-refractivity contribution in [3.63, 3.8) is 0 Å². The number of amides is 3. The Kier molecular flexibility index (Phi) is 7.53. The van der Waals surface area contributed by atoms with Crippen LogP contribution >= 0.6 is 0 Å². The van der Waals surface area contributed by atoms with Crippen LogP contribution in [0.4, 0.5) is 4.79 Å². The highest BCUT2D eigenvalue weighted by Crippen LogP contribution is 2.31. The van der Waals surface area contributed by atoms with Gasteiger partial charge >= 0.3 is 22.4 Å². The van der Waals surface area contributed by atoms with E-state index in [2.05, 4.69) is 0 Å². The number of fused-ring (bicyclic) bond motifs is 2. The number of esters is 1. The lowest BCUT2D eigenvalue weighted by molar-refractivity contribution is -0.122. The Balaban J connectivity index is 1.50. The zero-order valence-corrected chi connectivity index (χ0v) is 20.6. The molecule has 11 nitrogen and oxygen atoms in total. The lowest BCUT2D eigenvalue weighted by Gasteiger charge is -2.27. The molecule has 2 N–H and O–H groups in total. The SMILES string of the molecule is Cc1cccc(C)c1C(=O)OCCC(C)(C)COS(=O)(=O)ON1C(=O)N2C[C@H]1CCC2C(N)=O. The van der Waals surface area contributed by atoms with Gasteiger partial charge in [0.2, 0.25) is 5.91 Å². The molecule has 0 aliphatic carbocycles.